The van der Waals surface area contributed by atoms with Crippen molar-refractivity contribution in [3.05, 3.63) is 29.8 Å². The summed E-state index contributed by atoms with van der Waals surface area (Å²) in [7, 11) is -3.50. The highest BCUT2D eigenvalue weighted by atomic mass is 32.2. The van der Waals surface area contributed by atoms with E-state index in [0.717, 1.165) is 0 Å². The maximum atomic E-state index is 12.0. The van der Waals surface area contributed by atoms with Gasteiger partial charge in [0.25, 0.3) is 0 Å². The standard InChI is InChI=1S/C11H14N2O3S2/c12-11(17)8-1-3-10(4-2-8)18(14,15)13-9-5-6-16-7-9/h1-4,9,13H,5-7H2,(H2,12,17). The van der Waals surface area contributed by atoms with Crippen LogP contribution in [0, 0.1) is 0 Å². The molecular weight excluding hydrogens is 272 g/mol. The van der Waals surface area contributed by atoms with Gasteiger partial charge in [0.05, 0.1) is 11.5 Å². The van der Waals surface area contributed by atoms with Crippen molar-refractivity contribution in [2.24, 2.45) is 5.73 Å². The molecule has 98 valence electrons. The van der Waals surface area contributed by atoms with Crippen LogP contribution in [-0.4, -0.2) is 32.7 Å². The third-order valence-electron chi connectivity index (χ3n) is 2.70. The van der Waals surface area contributed by atoms with Gasteiger partial charge in [-0.15, -0.1) is 0 Å². The van der Waals surface area contributed by atoms with Crippen LogP contribution in [0.3, 0.4) is 0 Å². The molecule has 1 fully saturated rings. The molecule has 0 aromatic heterocycles. The Morgan fingerprint density at radius 2 is 2.06 bits per heavy atom. The molecule has 5 nitrogen and oxygen atoms in total. The van der Waals surface area contributed by atoms with Crippen LogP contribution in [0.2, 0.25) is 0 Å². The molecule has 3 N–H and O–H groups in total. The summed E-state index contributed by atoms with van der Waals surface area (Å²) in [5.74, 6) is 0. The molecule has 0 amide bonds. The molecule has 0 saturated carbocycles. The number of hydrogen-bond donors (Lipinski definition) is 2. The van der Waals surface area contributed by atoms with Gasteiger partial charge < -0.3 is 10.5 Å². The van der Waals surface area contributed by atoms with Gasteiger partial charge in [-0.05, 0) is 18.6 Å². The second-order valence-electron chi connectivity index (χ2n) is 4.07. The van der Waals surface area contributed by atoms with Crippen molar-refractivity contribution in [2.45, 2.75) is 17.4 Å². The zero-order valence-corrected chi connectivity index (χ0v) is 11.3. The van der Waals surface area contributed by atoms with Crippen LogP contribution >= 0.6 is 12.2 Å². The van der Waals surface area contributed by atoms with Crippen LogP contribution in [0.25, 0.3) is 0 Å². The fraction of sp³-hybridized carbons (Fsp3) is 0.364. The number of nitrogens with two attached hydrogens (primary N) is 1. The molecule has 1 heterocycles. The Labute approximate surface area is 111 Å². The number of sulfonamides is 1. The Bertz CT molecular complexity index is 534. The number of nitrogens with one attached hydrogen (secondary N) is 1. The quantitative estimate of drug-likeness (QED) is 0.783. The molecule has 1 atom stereocenters. The topological polar surface area (TPSA) is 81.4 Å². The van der Waals surface area contributed by atoms with Crippen molar-refractivity contribution in [2.75, 3.05) is 13.2 Å². The first-order valence-corrected chi connectivity index (χ1v) is 7.38. The minimum atomic E-state index is -3.50. The molecule has 0 bridgehead atoms. The van der Waals surface area contributed by atoms with Crippen LogP contribution in [-0.2, 0) is 14.8 Å². The summed E-state index contributed by atoms with van der Waals surface area (Å²) in [5, 5.41) is 0. The Kier molecular flexibility index (Phi) is 3.96. The summed E-state index contributed by atoms with van der Waals surface area (Å²) in [6.45, 7) is 1.01. The van der Waals surface area contributed by atoms with Crippen LogP contribution in [0.15, 0.2) is 29.2 Å². The maximum Gasteiger partial charge on any atom is 0.240 e. The second-order valence-corrected chi connectivity index (χ2v) is 6.22. The molecule has 1 saturated heterocycles. The molecule has 1 unspecified atom stereocenters. The number of thiocarbonyl (C=S) groups is 1. The van der Waals surface area contributed by atoms with E-state index in [1.165, 1.54) is 12.1 Å². The zero-order chi connectivity index (χ0) is 13.2. The highest BCUT2D eigenvalue weighted by Gasteiger charge is 2.23. The van der Waals surface area contributed by atoms with Gasteiger partial charge in [-0.3, -0.25) is 0 Å². The third kappa shape index (κ3) is 3.05. The van der Waals surface area contributed by atoms with E-state index in [2.05, 4.69) is 4.72 Å². The minimum absolute atomic E-state index is 0.148. The SMILES string of the molecule is NC(=S)c1ccc(S(=O)(=O)NC2CCOC2)cc1. The summed E-state index contributed by atoms with van der Waals surface area (Å²) >= 11 is 4.81. The third-order valence-corrected chi connectivity index (χ3v) is 4.47. The Morgan fingerprint density at radius 1 is 1.39 bits per heavy atom. The van der Waals surface area contributed by atoms with E-state index < -0.39 is 10.0 Å². The molecule has 1 aliphatic heterocycles. The van der Waals surface area contributed by atoms with Crippen molar-refractivity contribution >= 4 is 27.2 Å². The summed E-state index contributed by atoms with van der Waals surface area (Å²) in [6.07, 6.45) is 0.699. The monoisotopic (exact) mass is 286 g/mol. The average molecular weight is 286 g/mol. The summed E-state index contributed by atoms with van der Waals surface area (Å²) in [5.41, 5.74) is 6.10. The predicted octanol–water partition coefficient (Wildman–Crippen LogP) is 0.388. The lowest BCUT2D eigenvalue weighted by atomic mass is 10.2. The highest BCUT2D eigenvalue weighted by molar-refractivity contribution is 7.89. The number of hydrogen-bond acceptors (Lipinski definition) is 4. The molecule has 0 radical (unpaired) electrons. The lowest BCUT2D eigenvalue weighted by Crippen LogP contribution is -2.35. The molecule has 1 aliphatic rings. The summed E-state index contributed by atoms with van der Waals surface area (Å²) < 4.78 is 31.8. The Balaban J connectivity index is 2.16. The summed E-state index contributed by atoms with van der Waals surface area (Å²) in [4.78, 5) is 0.450. The fourth-order valence-corrected chi connectivity index (χ4v) is 3.10. The minimum Gasteiger partial charge on any atom is -0.389 e. The molecule has 7 heteroatoms. The van der Waals surface area contributed by atoms with Gasteiger partial charge in [0.2, 0.25) is 10.0 Å². The average Bonchev–Trinajstić information content (AvgIpc) is 2.81. The smallest absolute Gasteiger partial charge is 0.240 e. The van der Waals surface area contributed by atoms with Crippen molar-refractivity contribution < 1.29 is 13.2 Å². The summed E-state index contributed by atoms with van der Waals surface area (Å²) in [6, 6.07) is 6.04. The van der Waals surface area contributed by atoms with Gasteiger partial charge in [0.15, 0.2) is 0 Å². The lowest BCUT2D eigenvalue weighted by molar-refractivity contribution is 0.192. The highest BCUT2D eigenvalue weighted by Crippen LogP contribution is 2.13. The first-order valence-electron chi connectivity index (χ1n) is 5.49. The van der Waals surface area contributed by atoms with Gasteiger partial charge in [-0.2, -0.15) is 0 Å². The molecule has 2 rings (SSSR count). The van der Waals surface area contributed by atoms with Crippen molar-refractivity contribution in [1.82, 2.24) is 4.72 Å². The van der Waals surface area contributed by atoms with E-state index in [9.17, 15) is 8.42 Å². The van der Waals surface area contributed by atoms with Crippen LogP contribution in [0.5, 0.6) is 0 Å². The van der Waals surface area contributed by atoms with Crippen LogP contribution in [0.1, 0.15) is 12.0 Å². The van der Waals surface area contributed by atoms with E-state index in [4.69, 9.17) is 22.7 Å². The van der Waals surface area contributed by atoms with Gasteiger partial charge in [0.1, 0.15) is 4.99 Å². The largest absolute Gasteiger partial charge is 0.389 e. The maximum absolute atomic E-state index is 12.0. The van der Waals surface area contributed by atoms with E-state index in [-0.39, 0.29) is 15.9 Å². The zero-order valence-electron chi connectivity index (χ0n) is 9.63. The van der Waals surface area contributed by atoms with Gasteiger partial charge in [0, 0.05) is 18.2 Å². The van der Waals surface area contributed by atoms with E-state index in [1.54, 1.807) is 12.1 Å². The van der Waals surface area contributed by atoms with Crippen LogP contribution in [0.4, 0.5) is 0 Å². The molecule has 1 aromatic rings. The van der Waals surface area contributed by atoms with Gasteiger partial charge >= 0.3 is 0 Å². The van der Waals surface area contributed by atoms with Gasteiger partial charge in [-0.25, -0.2) is 13.1 Å². The predicted molar refractivity (Wildman–Crippen MR) is 71.9 cm³/mol. The molecule has 1 aromatic carbocycles. The van der Waals surface area contributed by atoms with Crippen molar-refractivity contribution in [1.29, 1.82) is 0 Å². The van der Waals surface area contributed by atoms with E-state index in [1.807, 2.05) is 0 Å². The second kappa shape index (κ2) is 5.31. The lowest BCUT2D eigenvalue weighted by Gasteiger charge is -2.11. The fourth-order valence-electron chi connectivity index (χ4n) is 1.71. The number of ether oxygens (including phenoxy) is 1. The Morgan fingerprint density at radius 3 is 2.56 bits per heavy atom. The molecular formula is C11H14N2O3S2. The van der Waals surface area contributed by atoms with E-state index >= 15 is 0 Å². The first kappa shape index (κ1) is 13.4. The number of rotatable bonds is 4. The molecule has 0 spiro atoms. The molecule has 0 aliphatic carbocycles. The number of benzene rings is 1. The van der Waals surface area contributed by atoms with Crippen molar-refractivity contribution in [3.8, 4) is 0 Å². The van der Waals surface area contributed by atoms with Crippen LogP contribution < -0.4 is 10.5 Å². The normalized spacial score (nSPS) is 19.9. The first-order chi connectivity index (χ1) is 8.49. The Hall–Kier alpha value is -1.02. The molecule has 18 heavy (non-hydrogen) atoms. The van der Waals surface area contributed by atoms with Gasteiger partial charge in [-0.1, -0.05) is 24.4 Å². The van der Waals surface area contributed by atoms with Crippen molar-refractivity contribution in [3.63, 3.8) is 0 Å². The van der Waals surface area contributed by atoms with E-state index in [0.29, 0.717) is 25.2 Å².